The summed E-state index contributed by atoms with van der Waals surface area (Å²) in [5.41, 5.74) is 2.90. The van der Waals surface area contributed by atoms with Crippen molar-refractivity contribution in [3.63, 3.8) is 0 Å². The van der Waals surface area contributed by atoms with Crippen molar-refractivity contribution in [3.05, 3.63) is 111 Å². The lowest BCUT2D eigenvalue weighted by Crippen LogP contribution is -2.33. The molecule has 0 saturated heterocycles. The van der Waals surface area contributed by atoms with Gasteiger partial charge in [0.15, 0.2) is 0 Å². The molecule has 0 aliphatic heterocycles. The minimum absolute atomic E-state index is 0.0460. The van der Waals surface area contributed by atoms with Crippen LogP contribution in [-0.2, 0) is 13.1 Å². The van der Waals surface area contributed by atoms with Crippen molar-refractivity contribution in [2.75, 3.05) is 0 Å². The number of amides is 1. The van der Waals surface area contributed by atoms with Gasteiger partial charge >= 0.3 is 0 Å². The molecule has 0 bridgehead atoms. The lowest BCUT2D eigenvalue weighted by Gasteiger charge is -2.12. The number of aromatic nitrogens is 2. The minimum atomic E-state index is -0.445. The summed E-state index contributed by atoms with van der Waals surface area (Å²) in [4.78, 5) is 30.3. The molecule has 0 aliphatic rings. The summed E-state index contributed by atoms with van der Waals surface area (Å²) in [6, 6.07) is 18.8. The molecule has 150 valence electrons. The Morgan fingerprint density at radius 1 is 1.03 bits per heavy atom. The SMILES string of the molecule is Cc1ccc(CNC(=O)c2cc3cccnc3n(Cc3ccc(F)cc3)c2=O)cc1. The van der Waals surface area contributed by atoms with Crippen LogP contribution in [0.1, 0.15) is 27.0 Å². The number of hydrogen-bond donors (Lipinski definition) is 1. The lowest BCUT2D eigenvalue weighted by molar-refractivity contribution is 0.0949. The van der Waals surface area contributed by atoms with Gasteiger partial charge < -0.3 is 5.32 Å². The summed E-state index contributed by atoms with van der Waals surface area (Å²) >= 11 is 0. The lowest BCUT2D eigenvalue weighted by atomic mass is 10.1. The molecule has 2 heterocycles. The van der Waals surface area contributed by atoms with Crippen molar-refractivity contribution < 1.29 is 9.18 Å². The second-order valence-corrected chi connectivity index (χ2v) is 7.16. The van der Waals surface area contributed by atoms with E-state index in [0.29, 0.717) is 17.6 Å². The summed E-state index contributed by atoms with van der Waals surface area (Å²) in [5.74, 6) is -0.794. The summed E-state index contributed by atoms with van der Waals surface area (Å²) in [5, 5.41) is 3.50. The van der Waals surface area contributed by atoms with E-state index in [0.717, 1.165) is 16.7 Å². The summed E-state index contributed by atoms with van der Waals surface area (Å²) < 4.78 is 14.7. The Bertz CT molecular complexity index is 1260. The van der Waals surface area contributed by atoms with E-state index in [1.165, 1.54) is 16.7 Å². The second kappa shape index (κ2) is 8.29. The molecule has 0 aliphatic carbocycles. The molecule has 1 amide bonds. The van der Waals surface area contributed by atoms with Gasteiger partial charge in [-0.15, -0.1) is 0 Å². The molecule has 4 aromatic rings. The van der Waals surface area contributed by atoms with Gasteiger partial charge in [0.05, 0.1) is 6.54 Å². The Morgan fingerprint density at radius 2 is 1.73 bits per heavy atom. The Kier molecular flexibility index (Phi) is 5.39. The third-order valence-corrected chi connectivity index (χ3v) is 4.92. The van der Waals surface area contributed by atoms with Crippen LogP contribution >= 0.6 is 0 Å². The first-order chi connectivity index (χ1) is 14.5. The van der Waals surface area contributed by atoms with Gasteiger partial charge in [-0.05, 0) is 48.4 Å². The molecule has 0 unspecified atom stereocenters. The molecule has 5 nitrogen and oxygen atoms in total. The summed E-state index contributed by atoms with van der Waals surface area (Å²) in [6.07, 6.45) is 1.60. The normalized spacial score (nSPS) is 10.9. The third-order valence-electron chi connectivity index (χ3n) is 4.92. The van der Waals surface area contributed by atoms with Gasteiger partial charge in [-0.3, -0.25) is 14.2 Å². The monoisotopic (exact) mass is 401 g/mol. The van der Waals surface area contributed by atoms with E-state index in [1.54, 1.807) is 36.5 Å². The number of hydrogen-bond acceptors (Lipinski definition) is 3. The highest BCUT2D eigenvalue weighted by atomic mass is 19.1. The maximum atomic E-state index is 13.2. The fourth-order valence-corrected chi connectivity index (χ4v) is 3.27. The smallest absolute Gasteiger partial charge is 0.265 e. The number of aryl methyl sites for hydroxylation is 1. The summed E-state index contributed by atoms with van der Waals surface area (Å²) in [6.45, 7) is 2.50. The molecular weight excluding hydrogens is 381 g/mol. The van der Waals surface area contributed by atoms with Crippen LogP contribution in [0.25, 0.3) is 11.0 Å². The Hall–Kier alpha value is -3.80. The topological polar surface area (TPSA) is 64.0 Å². The van der Waals surface area contributed by atoms with Crippen LogP contribution in [0, 0.1) is 12.7 Å². The number of carbonyl (C=O) groups excluding carboxylic acids is 1. The van der Waals surface area contributed by atoms with Crippen LogP contribution in [0.15, 0.2) is 77.7 Å². The molecule has 0 spiro atoms. The van der Waals surface area contributed by atoms with Crippen molar-refractivity contribution in [2.24, 2.45) is 0 Å². The number of halogens is 1. The predicted molar refractivity (Wildman–Crippen MR) is 114 cm³/mol. The average Bonchev–Trinajstić information content (AvgIpc) is 2.76. The largest absolute Gasteiger partial charge is 0.348 e. The quantitative estimate of drug-likeness (QED) is 0.553. The first-order valence-corrected chi connectivity index (χ1v) is 9.58. The molecule has 0 radical (unpaired) electrons. The van der Waals surface area contributed by atoms with E-state index < -0.39 is 11.5 Å². The molecule has 6 heteroatoms. The van der Waals surface area contributed by atoms with Crippen LogP contribution in [0.3, 0.4) is 0 Å². The Balaban J connectivity index is 1.68. The molecular formula is C24H20FN3O2. The van der Waals surface area contributed by atoms with Crippen LogP contribution in [0.5, 0.6) is 0 Å². The van der Waals surface area contributed by atoms with Gasteiger partial charge in [-0.25, -0.2) is 9.37 Å². The van der Waals surface area contributed by atoms with Gasteiger partial charge in [0, 0.05) is 18.1 Å². The highest BCUT2D eigenvalue weighted by molar-refractivity contribution is 5.96. The van der Waals surface area contributed by atoms with Crippen LogP contribution in [0.2, 0.25) is 0 Å². The first kappa shape index (κ1) is 19.5. The standard InChI is InChI=1S/C24H20FN3O2/c1-16-4-6-17(7-5-16)14-27-23(29)21-13-19-3-2-12-26-22(19)28(24(21)30)15-18-8-10-20(25)11-9-18/h2-13H,14-15H2,1H3,(H,27,29). The number of benzene rings is 2. The maximum Gasteiger partial charge on any atom is 0.265 e. The number of nitrogens with one attached hydrogen (secondary N) is 1. The van der Waals surface area contributed by atoms with E-state index >= 15 is 0 Å². The number of fused-ring (bicyclic) bond motifs is 1. The summed E-state index contributed by atoms with van der Waals surface area (Å²) in [7, 11) is 0. The van der Waals surface area contributed by atoms with Crippen molar-refractivity contribution in [1.29, 1.82) is 0 Å². The number of carbonyl (C=O) groups is 1. The molecule has 1 N–H and O–H groups in total. The fourth-order valence-electron chi connectivity index (χ4n) is 3.27. The molecule has 4 rings (SSSR count). The first-order valence-electron chi connectivity index (χ1n) is 9.58. The molecule has 0 atom stereocenters. The number of nitrogens with zero attached hydrogens (tertiary/aromatic N) is 2. The van der Waals surface area contributed by atoms with Crippen molar-refractivity contribution >= 4 is 16.9 Å². The van der Waals surface area contributed by atoms with Crippen molar-refractivity contribution in [2.45, 2.75) is 20.0 Å². The van der Waals surface area contributed by atoms with Gasteiger partial charge in [-0.2, -0.15) is 0 Å². The van der Waals surface area contributed by atoms with Gasteiger partial charge in [0.1, 0.15) is 17.0 Å². The van der Waals surface area contributed by atoms with Crippen molar-refractivity contribution in [1.82, 2.24) is 14.9 Å². The van der Waals surface area contributed by atoms with Crippen LogP contribution in [0.4, 0.5) is 4.39 Å². The highest BCUT2D eigenvalue weighted by Crippen LogP contribution is 2.14. The zero-order valence-electron chi connectivity index (χ0n) is 16.4. The van der Waals surface area contributed by atoms with Crippen LogP contribution < -0.4 is 10.9 Å². The van der Waals surface area contributed by atoms with Gasteiger partial charge in [-0.1, -0.05) is 42.0 Å². The van der Waals surface area contributed by atoms with Crippen LogP contribution in [-0.4, -0.2) is 15.5 Å². The van der Waals surface area contributed by atoms with E-state index in [-0.39, 0.29) is 17.9 Å². The van der Waals surface area contributed by atoms with Crippen molar-refractivity contribution in [3.8, 4) is 0 Å². The zero-order chi connectivity index (χ0) is 21.1. The van der Waals surface area contributed by atoms with Gasteiger partial charge in [0.2, 0.25) is 0 Å². The zero-order valence-corrected chi connectivity index (χ0v) is 16.4. The fraction of sp³-hybridized carbons (Fsp3) is 0.125. The van der Waals surface area contributed by atoms with E-state index in [1.807, 2.05) is 31.2 Å². The number of pyridine rings is 2. The minimum Gasteiger partial charge on any atom is -0.348 e. The van der Waals surface area contributed by atoms with E-state index in [2.05, 4.69) is 10.3 Å². The molecule has 2 aromatic heterocycles. The maximum absolute atomic E-state index is 13.2. The Morgan fingerprint density at radius 3 is 2.47 bits per heavy atom. The third kappa shape index (κ3) is 4.12. The average molecular weight is 401 g/mol. The molecule has 0 saturated carbocycles. The van der Waals surface area contributed by atoms with E-state index in [9.17, 15) is 14.0 Å². The second-order valence-electron chi connectivity index (χ2n) is 7.16. The number of rotatable bonds is 5. The highest BCUT2D eigenvalue weighted by Gasteiger charge is 2.16. The Labute approximate surface area is 172 Å². The molecule has 0 fully saturated rings. The predicted octanol–water partition coefficient (Wildman–Crippen LogP) is 3.82. The van der Waals surface area contributed by atoms with E-state index in [4.69, 9.17) is 0 Å². The molecule has 30 heavy (non-hydrogen) atoms. The molecule has 2 aromatic carbocycles. The van der Waals surface area contributed by atoms with Gasteiger partial charge in [0.25, 0.3) is 11.5 Å².